The molecule has 21 heavy (non-hydrogen) atoms. The van der Waals surface area contributed by atoms with Crippen molar-refractivity contribution < 1.29 is 8.42 Å². The summed E-state index contributed by atoms with van der Waals surface area (Å²) in [6.07, 6.45) is 2.56. The summed E-state index contributed by atoms with van der Waals surface area (Å²) in [7, 11) is -2.86. The van der Waals surface area contributed by atoms with Crippen molar-refractivity contribution in [3.8, 4) is 0 Å². The van der Waals surface area contributed by atoms with E-state index in [4.69, 9.17) is 11.6 Å². The Balaban J connectivity index is 2.07. The van der Waals surface area contributed by atoms with Gasteiger partial charge in [-0.1, -0.05) is 36.7 Å². The van der Waals surface area contributed by atoms with Gasteiger partial charge < -0.3 is 0 Å². The Morgan fingerprint density at radius 1 is 1.52 bits per heavy atom. The maximum absolute atomic E-state index is 11.7. The highest BCUT2D eigenvalue weighted by Gasteiger charge is 2.32. The lowest BCUT2D eigenvalue weighted by molar-refractivity contribution is 0.224. The van der Waals surface area contributed by atoms with Crippen LogP contribution < -0.4 is 0 Å². The number of benzene rings is 1. The molecule has 0 radical (unpaired) electrons. The van der Waals surface area contributed by atoms with Crippen molar-refractivity contribution in [2.75, 3.05) is 24.6 Å². The summed E-state index contributed by atoms with van der Waals surface area (Å²) < 4.78 is 23.4. The standard InChI is InChI=1S/C16H22ClNO2S/c1-3-8-18(16-7-9-21(19,20)12-16)11-13(2)14-5-4-6-15(17)10-14/h3-6,10,13,16H,1,7-9,11-12H2,2H3/t13-,16-/m0/s1. The number of nitrogens with zero attached hydrogens (tertiary/aromatic N) is 1. The zero-order chi connectivity index (χ0) is 15.5. The highest BCUT2D eigenvalue weighted by Crippen LogP contribution is 2.24. The van der Waals surface area contributed by atoms with E-state index in [1.165, 1.54) is 5.56 Å². The fourth-order valence-electron chi connectivity index (χ4n) is 2.87. The first kappa shape index (κ1) is 16.5. The fraction of sp³-hybridized carbons (Fsp3) is 0.500. The molecule has 0 aromatic heterocycles. The Morgan fingerprint density at radius 2 is 2.29 bits per heavy atom. The lowest BCUT2D eigenvalue weighted by Crippen LogP contribution is -2.38. The molecule has 0 saturated carbocycles. The number of halogens is 1. The largest absolute Gasteiger partial charge is 0.295 e. The topological polar surface area (TPSA) is 37.4 Å². The average Bonchev–Trinajstić information content (AvgIpc) is 2.78. The van der Waals surface area contributed by atoms with Crippen LogP contribution in [0, 0.1) is 0 Å². The van der Waals surface area contributed by atoms with E-state index in [0.29, 0.717) is 18.2 Å². The molecular formula is C16H22ClNO2S. The minimum Gasteiger partial charge on any atom is -0.295 e. The summed E-state index contributed by atoms with van der Waals surface area (Å²) in [5.41, 5.74) is 1.18. The van der Waals surface area contributed by atoms with Crippen LogP contribution in [0.25, 0.3) is 0 Å². The van der Waals surface area contributed by atoms with Gasteiger partial charge in [-0.25, -0.2) is 8.42 Å². The lowest BCUT2D eigenvalue weighted by atomic mass is 10.00. The Bertz CT molecular complexity index is 600. The van der Waals surface area contributed by atoms with Crippen molar-refractivity contribution in [1.82, 2.24) is 4.90 Å². The van der Waals surface area contributed by atoms with E-state index >= 15 is 0 Å². The summed E-state index contributed by atoms with van der Waals surface area (Å²) >= 11 is 6.04. The quantitative estimate of drug-likeness (QED) is 0.753. The van der Waals surface area contributed by atoms with Gasteiger partial charge in [0.1, 0.15) is 0 Å². The van der Waals surface area contributed by atoms with E-state index in [1.54, 1.807) is 0 Å². The van der Waals surface area contributed by atoms with Gasteiger partial charge in [0.05, 0.1) is 11.5 Å². The molecule has 3 nitrogen and oxygen atoms in total. The molecule has 1 aliphatic heterocycles. The summed E-state index contributed by atoms with van der Waals surface area (Å²) in [5.74, 6) is 0.868. The van der Waals surface area contributed by atoms with Crippen LogP contribution in [0.4, 0.5) is 0 Å². The zero-order valence-electron chi connectivity index (χ0n) is 12.3. The Hall–Kier alpha value is -0.840. The molecule has 0 amide bonds. The van der Waals surface area contributed by atoms with E-state index in [2.05, 4.69) is 24.5 Å². The Morgan fingerprint density at radius 3 is 2.86 bits per heavy atom. The summed E-state index contributed by atoms with van der Waals surface area (Å²) in [5, 5.41) is 0.734. The second kappa shape index (κ2) is 6.95. The maximum atomic E-state index is 11.7. The molecular weight excluding hydrogens is 306 g/mol. The van der Waals surface area contributed by atoms with Gasteiger partial charge in [0.25, 0.3) is 0 Å². The molecule has 1 aromatic rings. The lowest BCUT2D eigenvalue weighted by Gasteiger charge is -2.29. The molecule has 1 heterocycles. The number of sulfone groups is 1. The van der Waals surface area contributed by atoms with Gasteiger partial charge in [0.2, 0.25) is 0 Å². The van der Waals surface area contributed by atoms with Crippen LogP contribution >= 0.6 is 11.6 Å². The minimum absolute atomic E-state index is 0.106. The summed E-state index contributed by atoms with van der Waals surface area (Å²) in [6.45, 7) is 7.46. The first-order valence-corrected chi connectivity index (χ1v) is 9.42. The van der Waals surface area contributed by atoms with Crippen LogP contribution in [0.1, 0.15) is 24.8 Å². The van der Waals surface area contributed by atoms with Crippen molar-refractivity contribution in [1.29, 1.82) is 0 Å². The van der Waals surface area contributed by atoms with Crippen molar-refractivity contribution in [3.05, 3.63) is 47.5 Å². The molecule has 1 fully saturated rings. The third kappa shape index (κ3) is 4.56. The predicted octanol–water partition coefficient (Wildman–Crippen LogP) is 3.12. The fourth-order valence-corrected chi connectivity index (χ4v) is 4.83. The third-order valence-electron chi connectivity index (χ3n) is 4.01. The third-order valence-corrected chi connectivity index (χ3v) is 6.00. The smallest absolute Gasteiger partial charge is 0.151 e. The highest BCUT2D eigenvalue weighted by atomic mass is 35.5. The molecule has 0 bridgehead atoms. The number of rotatable bonds is 6. The van der Waals surface area contributed by atoms with Gasteiger partial charge in [-0.15, -0.1) is 6.58 Å². The predicted molar refractivity (Wildman–Crippen MR) is 88.7 cm³/mol. The maximum Gasteiger partial charge on any atom is 0.151 e. The SMILES string of the molecule is C=CCN(C[C@H](C)c1cccc(Cl)c1)[C@H]1CCS(=O)(=O)C1. The van der Waals surface area contributed by atoms with Crippen LogP contribution in [0.5, 0.6) is 0 Å². The van der Waals surface area contributed by atoms with Gasteiger partial charge in [-0.2, -0.15) is 0 Å². The average molecular weight is 328 g/mol. The summed E-state index contributed by atoms with van der Waals surface area (Å²) in [6, 6.07) is 7.96. The summed E-state index contributed by atoms with van der Waals surface area (Å²) in [4.78, 5) is 2.23. The van der Waals surface area contributed by atoms with E-state index in [0.717, 1.165) is 18.0 Å². The van der Waals surface area contributed by atoms with E-state index in [9.17, 15) is 8.42 Å². The molecule has 5 heteroatoms. The van der Waals surface area contributed by atoms with E-state index in [-0.39, 0.29) is 11.8 Å². The van der Waals surface area contributed by atoms with Crippen LogP contribution in [0.2, 0.25) is 5.02 Å². The van der Waals surface area contributed by atoms with E-state index < -0.39 is 9.84 Å². The first-order chi connectivity index (χ1) is 9.91. The van der Waals surface area contributed by atoms with Crippen LogP contribution in [-0.2, 0) is 9.84 Å². The molecule has 116 valence electrons. The molecule has 2 atom stereocenters. The number of hydrogen-bond acceptors (Lipinski definition) is 3. The van der Waals surface area contributed by atoms with Gasteiger partial charge in [0, 0.05) is 24.2 Å². The molecule has 0 spiro atoms. The van der Waals surface area contributed by atoms with Crippen LogP contribution in [0.15, 0.2) is 36.9 Å². The molecule has 0 unspecified atom stereocenters. The van der Waals surface area contributed by atoms with Crippen LogP contribution in [0.3, 0.4) is 0 Å². The van der Waals surface area contributed by atoms with Gasteiger partial charge in [0.15, 0.2) is 9.84 Å². The highest BCUT2D eigenvalue weighted by molar-refractivity contribution is 7.91. The van der Waals surface area contributed by atoms with Crippen molar-refractivity contribution >= 4 is 21.4 Å². The molecule has 0 N–H and O–H groups in total. The van der Waals surface area contributed by atoms with Crippen molar-refractivity contribution in [2.24, 2.45) is 0 Å². The Labute approximate surface area is 132 Å². The zero-order valence-corrected chi connectivity index (χ0v) is 13.9. The molecule has 1 aromatic carbocycles. The molecule has 2 rings (SSSR count). The normalized spacial score (nSPS) is 22.3. The second-order valence-corrected chi connectivity index (χ2v) is 8.42. The second-order valence-electron chi connectivity index (χ2n) is 5.76. The molecule has 0 aliphatic carbocycles. The van der Waals surface area contributed by atoms with Crippen molar-refractivity contribution in [2.45, 2.75) is 25.3 Å². The first-order valence-electron chi connectivity index (χ1n) is 7.22. The molecule has 1 aliphatic rings. The van der Waals surface area contributed by atoms with Crippen LogP contribution in [-0.4, -0.2) is 44.0 Å². The van der Waals surface area contributed by atoms with E-state index in [1.807, 2.05) is 24.3 Å². The van der Waals surface area contributed by atoms with Gasteiger partial charge in [-0.3, -0.25) is 4.90 Å². The minimum atomic E-state index is -2.86. The molecule has 1 saturated heterocycles. The monoisotopic (exact) mass is 327 g/mol. The van der Waals surface area contributed by atoms with Crippen molar-refractivity contribution in [3.63, 3.8) is 0 Å². The van der Waals surface area contributed by atoms with Gasteiger partial charge >= 0.3 is 0 Å². The number of hydrogen-bond donors (Lipinski definition) is 0. The Kier molecular flexibility index (Phi) is 5.47. The van der Waals surface area contributed by atoms with Gasteiger partial charge in [-0.05, 0) is 30.0 Å².